The standard InChI is InChI=1S/C11H11N3O4S2/c1-3-13-10(9(14(17)18)6(2)12-13)20-7-4-8(11(15)16)19-5-7/h4-5H,3H2,1-2H3,(H,15,16). The monoisotopic (exact) mass is 313 g/mol. The quantitative estimate of drug-likeness (QED) is 0.673. The minimum absolute atomic E-state index is 0.0278. The number of carbonyl (C=O) groups is 1. The van der Waals surface area contributed by atoms with Crippen molar-refractivity contribution in [1.29, 1.82) is 0 Å². The molecule has 9 heteroatoms. The van der Waals surface area contributed by atoms with Gasteiger partial charge in [-0.15, -0.1) is 11.3 Å². The maximum absolute atomic E-state index is 11.1. The third-order valence-corrected chi connectivity index (χ3v) is 4.67. The molecule has 0 saturated heterocycles. The first-order valence-electron chi connectivity index (χ1n) is 5.65. The Hall–Kier alpha value is -1.87. The first-order valence-corrected chi connectivity index (χ1v) is 7.35. The molecule has 20 heavy (non-hydrogen) atoms. The summed E-state index contributed by atoms with van der Waals surface area (Å²) < 4.78 is 1.55. The summed E-state index contributed by atoms with van der Waals surface area (Å²) in [7, 11) is 0. The van der Waals surface area contributed by atoms with Gasteiger partial charge in [-0.3, -0.25) is 14.8 Å². The van der Waals surface area contributed by atoms with Gasteiger partial charge in [0.15, 0.2) is 5.03 Å². The number of carboxylic acids is 1. The molecule has 0 aromatic carbocycles. The minimum atomic E-state index is -1.00. The van der Waals surface area contributed by atoms with E-state index in [0.29, 0.717) is 22.2 Å². The second-order valence-electron chi connectivity index (χ2n) is 3.87. The molecule has 1 N–H and O–H groups in total. The predicted octanol–water partition coefficient (Wildman–Crippen LogP) is 3.03. The molecule has 106 valence electrons. The van der Waals surface area contributed by atoms with Gasteiger partial charge < -0.3 is 5.11 Å². The van der Waals surface area contributed by atoms with E-state index < -0.39 is 10.9 Å². The average molecular weight is 313 g/mol. The van der Waals surface area contributed by atoms with Crippen molar-refractivity contribution in [2.24, 2.45) is 0 Å². The second kappa shape index (κ2) is 5.63. The number of aromatic carboxylic acids is 1. The topological polar surface area (TPSA) is 98.3 Å². The van der Waals surface area contributed by atoms with Crippen LogP contribution in [0.3, 0.4) is 0 Å². The molecule has 0 aliphatic rings. The predicted molar refractivity (Wildman–Crippen MR) is 74.7 cm³/mol. The lowest BCUT2D eigenvalue weighted by molar-refractivity contribution is -0.388. The van der Waals surface area contributed by atoms with Crippen LogP contribution in [0, 0.1) is 17.0 Å². The van der Waals surface area contributed by atoms with Gasteiger partial charge in [0.05, 0.1) is 4.92 Å². The summed E-state index contributed by atoms with van der Waals surface area (Å²) in [4.78, 5) is 22.4. The summed E-state index contributed by atoms with van der Waals surface area (Å²) in [5.41, 5.74) is 0.327. The van der Waals surface area contributed by atoms with Gasteiger partial charge in [0, 0.05) is 16.8 Å². The van der Waals surface area contributed by atoms with E-state index in [1.807, 2.05) is 6.92 Å². The Morgan fingerprint density at radius 2 is 2.35 bits per heavy atom. The molecule has 0 spiro atoms. The fourth-order valence-electron chi connectivity index (χ4n) is 1.67. The van der Waals surface area contributed by atoms with Gasteiger partial charge in [0.25, 0.3) is 0 Å². The Labute approximate surface area is 122 Å². The zero-order valence-electron chi connectivity index (χ0n) is 10.7. The van der Waals surface area contributed by atoms with E-state index in [0.717, 1.165) is 23.1 Å². The highest BCUT2D eigenvalue weighted by molar-refractivity contribution is 7.99. The number of carboxylic acid groups (broad SMARTS) is 1. The van der Waals surface area contributed by atoms with E-state index in [9.17, 15) is 14.9 Å². The summed E-state index contributed by atoms with van der Waals surface area (Å²) in [6.07, 6.45) is 0. The molecule has 0 atom stereocenters. The highest BCUT2D eigenvalue weighted by atomic mass is 32.2. The van der Waals surface area contributed by atoms with E-state index in [1.54, 1.807) is 17.0 Å². The van der Waals surface area contributed by atoms with Crippen LogP contribution in [-0.4, -0.2) is 25.8 Å². The van der Waals surface area contributed by atoms with Crippen LogP contribution in [-0.2, 0) is 6.54 Å². The van der Waals surface area contributed by atoms with Crippen molar-refractivity contribution < 1.29 is 14.8 Å². The van der Waals surface area contributed by atoms with Crippen LogP contribution in [0.4, 0.5) is 5.69 Å². The van der Waals surface area contributed by atoms with E-state index >= 15 is 0 Å². The fourth-order valence-corrected chi connectivity index (χ4v) is 3.69. The molecule has 2 aromatic rings. The molecule has 7 nitrogen and oxygen atoms in total. The van der Waals surface area contributed by atoms with E-state index in [4.69, 9.17) is 5.11 Å². The summed E-state index contributed by atoms with van der Waals surface area (Å²) >= 11 is 2.25. The lowest BCUT2D eigenvalue weighted by Crippen LogP contribution is -1.99. The Balaban J connectivity index is 2.41. The summed E-state index contributed by atoms with van der Waals surface area (Å²) in [6, 6.07) is 1.50. The third kappa shape index (κ3) is 2.68. The zero-order chi connectivity index (χ0) is 14.9. The van der Waals surface area contributed by atoms with Crippen molar-refractivity contribution in [1.82, 2.24) is 9.78 Å². The van der Waals surface area contributed by atoms with Gasteiger partial charge in [-0.05, 0) is 19.9 Å². The molecule has 2 aromatic heterocycles. The van der Waals surface area contributed by atoms with Gasteiger partial charge in [-0.2, -0.15) is 5.10 Å². The normalized spacial score (nSPS) is 10.7. The van der Waals surface area contributed by atoms with Gasteiger partial charge in [0.2, 0.25) is 0 Å². The Morgan fingerprint density at radius 1 is 1.65 bits per heavy atom. The number of nitrogens with zero attached hydrogens (tertiary/aromatic N) is 3. The second-order valence-corrected chi connectivity index (χ2v) is 5.84. The Kier molecular flexibility index (Phi) is 4.09. The number of rotatable bonds is 5. The van der Waals surface area contributed by atoms with Gasteiger partial charge in [-0.25, -0.2) is 4.79 Å². The lowest BCUT2D eigenvalue weighted by atomic mass is 10.4. The first-order chi connectivity index (χ1) is 9.43. The van der Waals surface area contributed by atoms with Crippen molar-refractivity contribution >= 4 is 34.8 Å². The van der Waals surface area contributed by atoms with Crippen molar-refractivity contribution in [3.05, 3.63) is 32.1 Å². The smallest absolute Gasteiger partial charge is 0.345 e. The fraction of sp³-hybridized carbons (Fsp3) is 0.273. The van der Waals surface area contributed by atoms with Crippen LogP contribution in [0.15, 0.2) is 21.4 Å². The van der Waals surface area contributed by atoms with Gasteiger partial charge in [-0.1, -0.05) is 11.8 Å². The first kappa shape index (κ1) is 14.5. The Bertz CT molecular complexity index is 677. The molecule has 0 bridgehead atoms. The van der Waals surface area contributed by atoms with Gasteiger partial charge >= 0.3 is 11.7 Å². The number of hydrogen-bond acceptors (Lipinski definition) is 6. The molecule has 0 unspecified atom stereocenters. The molecule has 2 rings (SSSR count). The molecular formula is C11H11N3O4S2. The summed E-state index contributed by atoms with van der Waals surface area (Å²) in [6.45, 7) is 3.94. The van der Waals surface area contributed by atoms with Crippen LogP contribution >= 0.6 is 23.1 Å². The number of aromatic nitrogens is 2. The highest BCUT2D eigenvalue weighted by Gasteiger charge is 2.26. The number of hydrogen-bond donors (Lipinski definition) is 1. The van der Waals surface area contributed by atoms with Crippen LogP contribution in [0.25, 0.3) is 0 Å². The third-order valence-electron chi connectivity index (χ3n) is 2.53. The average Bonchev–Trinajstić information content (AvgIpc) is 2.94. The van der Waals surface area contributed by atoms with Crippen LogP contribution in [0.1, 0.15) is 22.3 Å². The molecule has 0 aliphatic carbocycles. The molecular weight excluding hydrogens is 302 g/mol. The van der Waals surface area contributed by atoms with Crippen molar-refractivity contribution in [2.75, 3.05) is 0 Å². The minimum Gasteiger partial charge on any atom is -0.477 e. The highest BCUT2D eigenvalue weighted by Crippen LogP contribution is 2.38. The maximum Gasteiger partial charge on any atom is 0.345 e. The van der Waals surface area contributed by atoms with Crippen molar-refractivity contribution in [3.63, 3.8) is 0 Å². The van der Waals surface area contributed by atoms with E-state index in [-0.39, 0.29) is 10.6 Å². The van der Waals surface area contributed by atoms with E-state index in [2.05, 4.69) is 5.10 Å². The van der Waals surface area contributed by atoms with Crippen molar-refractivity contribution in [3.8, 4) is 0 Å². The molecule has 0 fully saturated rings. The SMILES string of the molecule is CCn1nc(C)c([N+](=O)[O-])c1Sc1csc(C(=O)O)c1. The van der Waals surface area contributed by atoms with Crippen LogP contribution in [0.5, 0.6) is 0 Å². The summed E-state index contributed by atoms with van der Waals surface area (Å²) in [5, 5.41) is 26.2. The molecule has 0 saturated carbocycles. The summed E-state index contributed by atoms with van der Waals surface area (Å²) in [5.74, 6) is -1.00. The van der Waals surface area contributed by atoms with Crippen LogP contribution in [0.2, 0.25) is 0 Å². The molecule has 0 amide bonds. The molecule has 2 heterocycles. The molecule has 0 radical (unpaired) electrons. The van der Waals surface area contributed by atoms with Crippen molar-refractivity contribution in [2.45, 2.75) is 30.3 Å². The lowest BCUT2D eigenvalue weighted by Gasteiger charge is -2.01. The number of thiophene rings is 1. The maximum atomic E-state index is 11.1. The zero-order valence-corrected chi connectivity index (χ0v) is 12.3. The van der Waals surface area contributed by atoms with Gasteiger partial charge in [0.1, 0.15) is 10.6 Å². The van der Waals surface area contributed by atoms with Crippen LogP contribution < -0.4 is 0 Å². The Morgan fingerprint density at radius 3 is 2.85 bits per heavy atom. The number of aryl methyl sites for hydroxylation is 2. The van der Waals surface area contributed by atoms with E-state index in [1.165, 1.54) is 6.07 Å². The largest absolute Gasteiger partial charge is 0.477 e. The molecule has 0 aliphatic heterocycles. The number of nitro groups is 1.